The van der Waals surface area contributed by atoms with Crippen LogP contribution in [0.5, 0.6) is 0 Å². The van der Waals surface area contributed by atoms with Gasteiger partial charge in [-0.05, 0) is 61.7 Å². The van der Waals surface area contributed by atoms with Crippen molar-refractivity contribution in [1.82, 2.24) is 5.16 Å². The molecule has 0 aliphatic carbocycles. The number of rotatable bonds is 5. The van der Waals surface area contributed by atoms with Gasteiger partial charge in [-0.1, -0.05) is 11.2 Å². The molecule has 1 aliphatic heterocycles. The Bertz CT molecular complexity index is 1270. The second-order valence-corrected chi connectivity index (χ2v) is 8.87. The Balaban J connectivity index is 1.52. The molecule has 4 rings (SSSR count). The molecule has 31 heavy (non-hydrogen) atoms. The number of aromatic nitrogens is 1. The topological polar surface area (TPSA) is 130 Å². The Morgan fingerprint density at radius 3 is 2.74 bits per heavy atom. The summed E-state index contributed by atoms with van der Waals surface area (Å²) in [6, 6.07) is 12.4. The van der Waals surface area contributed by atoms with E-state index in [-0.39, 0.29) is 22.2 Å². The SMILES string of the molecule is Cc1cc(NS(=O)(=O)c2cccc(C(=O)Nc3ccc4c(c3)CCCC(=O)N4)c2)no1. The second kappa shape index (κ2) is 8.23. The highest BCUT2D eigenvalue weighted by atomic mass is 32.2. The van der Waals surface area contributed by atoms with Crippen LogP contribution < -0.4 is 15.4 Å². The molecule has 160 valence electrons. The molecule has 3 aromatic rings. The van der Waals surface area contributed by atoms with Gasteiger partial charge in [-0.15, -0.1) is 0 Å². The standard InChI is InChI=1S/C21H20N4O5S/c1-13-10-19(24-30-13)25-31(28,29)17-6-2-5-15(12-17)21(27)22-16-8-9-18-14(11-16)4-3-7-20(26)23-18/h2,5-6,8-12H,3-4,7H2,1H3,(H,22,27)(H,23,26)(H,24,25). The molecule has 1 aromatic heterocycles. The van der Waals surface area contributed by atoms with E-state index in [1.54, 1.807) is 19.1 Å². The van der Waals surface area contributed by atoms with Crippen LogP contribution >= 0.6 is 0 Å². The lowest BCUT2D eigenvalue weighted by Gasteiger charge is -2.11. The summed E-state index contributed by atoms with van der Waals surface area (Å²) in [5.74, 6) is 0.0467. The molecular weight excluding hydrogens is 420 g/mol. The van der Waals surface area contributed by atoms with E-state index in [2.05, 4.69) is 20.5 Å². The summed E-state index contributed by atoms with van der Waals surface area (Å²) in [5.41, 5.74) is 2.42. The van der Waals surface area contributed by atoms with Crippen LogP contribution in [0.1, 0.15) is 34.5 Å². The van der Waals surface area contributed by atoms with Crippen molar-refractivity contribution in [2.75, 3.05) is 15.4 Å². The van der Waals surface area contributed by atoms with Crippen molar-refractivity contribution >= 4 is 39.0 Å². The van der Waals surface area contributed by atoms with Gasteiger partial charge in [-0.3, -0.25) is 14.3 Å². The van der Waals surface area contributed by atoms with Crippen LogP contribution in [0.25, 0.3) is 0 Å². The van der Waals surface area contributed by atoms with Gasteiger partial charge in [0.2, 0.25) is 5.91 Å². The average Bonchev–Trinajstić information content (AvgIpc) is 3.03. The van der Waals surface area contributed by atoms with Gasteiger partial charge in [0.25, 0.3) is 15.9 Å². The average molecular weight is 440 g/mol. The monoisotopic (exact) mass is 440 g/mol. The van der Waals surface area contributed by atoms with Gasteiger partial charge in [-0.25, -0.2) is 8.42 Å². The lowest BCUT2D eigenvalue weighted by molar-refractivity contribution is -0.116. The number of hydrogen-bond acceptors (Lipinski definition) is 6. The molecule has 2 heterocycles. The summed E-state index contributed by atoms with van der Waals surface area (Å²) in [6.07, 6.45) is 1.91. The molecule has 0 saturated heterocycles. The third-order valence-corrected chi connectivity index (χ3v) is 6.11. The van der Waals surface area contributed by atoms with E-state index in [1.165, 1.54) is 30.3 Å². The smallest absolute Gasteiger partial charge is 0.263 e. The first-order chi connectivity index (χ1) is 14.8. The van der Waals surface area contributed by atoms with Crippen molar-refractivity contribution in [3.63, 3.8) is 0 Å². The summed E-state index contributed by atoms with van der Waals surface area (Å²) in [4.78, 5) is 24.3. The first-order valence-electron chi connectivity index (χ1n) is 9.60. The third kappa shape index (κ3) is 4.75. The molecule has 0 saturated carbocycles. The minimum Gasteiger partial charge on any atom is -0.360 e. The minimum atomic E-state index is -3.94. The quantitative estimate of drug-likeness (QED) is 0.558. The van der Waals surface area contributed by atoms with E-state index >= 15 is 0 Å². The molecule has 1 aliphatic rings. The Morgan fingerprint density at radius 2 is 1.97 bits per heavy atom. The van der Waals surface area contributed by atoms with E-state index in [0.717, 1.165) is 24.1 Å². The van der Waals surface area contributed by atoms with Gasteiger partial charge in [0.1, 0.15) is 5.76 Å². The zero-order valence-electron chi connectivity index (χ0n) is 16.6. The maximum absolute atomic E-state index is 12.7. The first-order valence-corrected chi connectivity index (χ1v) is 11.1. The van der Waals surface area contributed by atoms with E-state index in [1.807, 2.05) is 6.07 Å². The normalized spacial score (nSPS) is 13.6. The molecule has 10 heteroatoms. The van der Waals surface area contributed by atoms with Gasteiger partial charge < -0.3 is 15.2 Å². The molecule has 2 aromatic carbocycles. The Morgan fingerprint density at radius 1 is 1.13 bits per heavy atom. The molecule has 0 spiro atoms. The van der Waals surface area contributed by atoms with E-state index in [0.29, 0.717) is 17.9 Å². The number of anilines is 3. The molecule has 0 atom stereocenters. The number of carbonyl (C=O) groups is 2. The maximum atomic E-state index is 12.7. The molecule has 0 bridgehead atoms. The van der Waals surface area contributed by atoms with Crippen molar-refractivity contribution in [3.05, 3.63) is 65.4 Å². The Kier molecular flexibility index (Phi) is 5.47. The van der Waals surface area contributed by atoms with Crippen LogP contribution in [0, 0.1) is 6.92 Å². The fourth-order valence-corrected chi connectivity index (χ4v) is 4.30. The molecule has 0 fully saturated rings. The lowest BCUT2D eigenvalue weighted by atomic mass is 10.1. The van der Waals surface area contributed by atoms with Gasteiger partial charge in [0.05, 0.1) is 4.90 Å². The van der Waals surface area contributed by atoms with Crippen LogP contribution in [-0.4, -0.2) is 25.4 Å². The van der Waals surface area contributed by atoms with Crippen LogP contribution in [0.2, 0.25) is 0 Å². The predicted molar refractivity (Wildman–Crippen MR) is 114 cm³/mol. The Labute approximate surface area is 178 Å². The number of benzene rings is 2. The van der Waals surface area contributed by atoms with Crippen molar-refractivity contribution in [1.29, 1.82) is 0 Å². The fraction of sp³-hybridized carbons (Fsp3) is 0.190. The van der Waals surface area contributed by atoms with E-state index < -0.39 is 15.9 Å². The zero-order valence-corrected chi connectivity index (χ0v) is 17.5. The minimum absolute atomic E-state index is 0.0250. The van der Waals surface area contributed by atoms with E-state index in [4.69, 9.17) is 4.52 Å². The number of carbonyl (C=O) groups excluding carboxylic acids is 2. The van der Waals surface area contributed by atoms with Gasteiger partial charge in [0.15, 0.2) is 5.82 Å². The van der Waals surface area contributed by atoms with Gasteiger partial charge in [0, 0.05) is 29.4 Å². The first kappa shape index (κ1) is 20.6. The van der Waals surface area contributed by atoms with Crippen LogP contribution in [0.4, 0.5) is 17.2 Å². The third-order valence-electron chi connectivity index (χ3n) is 4.76. The summed E-state index contributed by atoms with van der Waals surface area (Å²) >= 11 is 0. The number of amides is 2. The van der Waals surface area contributed by atoms with E-state index in [9.17, 15) is 18.0 Å². The molecule has 3 N–H and O–H groups in total. The number of fused-ring (bicyclic) bond motifs is 1. The summed E-state index contributed by atoms with van der Waals surface area (Å²) in [7, 11) is -3.94. The highest BCUT2D eigenvalue weighted by molar-refractivity contribution is 7.92. The van der Waals surface area contributed by atoms with Crippen LogP contribution in [-0.2, 0) is 21.2 Å². The summed E-state index contributed by atoms with van der Waals surface area (Å²) in [6.45, 7) is 1.64. The molecule has 9 nitrogen and oxygen atoms in total. The maximum Gasteiger partial charge on any atom is 0.263 e. The zero-order chi connectivity index (χ0) is 22.0. The number of sulfonamides is 1. The molecule has 2 amide bonds. The fourth-order valence-electron chi connectivity index (χ4n) is 3.27. The van der Waals surface area contributed by atoms with Crippen LogP contribution in [0.3, 0.4) is 0 Å². The van der Waals surface area contributed by atoms with Crippen molar-refractivity contribution in [2.45, 2.75) is 31.1 Å². The van der Waals surface area contributed by atoms with Crippen LogP contribution in [0.15, 0.2) is 57.9 Å². The number of aryl methyl sites for hydroxylation is 2. The summed E-state index contributed by atoms with van der Waals surface area (Å²) in [5, 5.41) is 9.24. The van der Waals surface area contributed by atoms with Gasteiger partial charge >= 0.3 is 0 Å². The number of hydrogen-bond donors (Lipinski definition) is 3. The van der Waals surface area contributed by atoms with Crippen molar-refractivity contribution in [2.24, 2.45) is 0 Å². The highest BCUT2D eigenvalue weighted by Crippen LogP contribution is 2.26. The highest BCUT2D eigenvalue weighted by Gasteiger charge is 2.19. The lowest BCUT2D eigenvalue weighted by Crippen LogP contribution is -2.16. The number of nitrogens with zero attached hydrogens (tertiary/aromatic N) is 1. The number of nitrogens with one attached hydrogen (secondary N) is 3. The molecule has 0 unspecified atom stereocenters. The predicted octanol–water partition coefficient (Wildman–Crippen LogP) is 3.31. The van der Waals surface area contributed by atoms with Crippen molar-refractivity contribution in [3.8, 4) is 0 Å². The summed E-state index contributed by atoms with van der Waals surface area (Å²) < 4.78 is 32.4. The molecule has 0 radical (unpaired) electrons. The van der Waals surface area contributed by atoms with Crippen molar-refractivity contribution < 1.29 is 22.5 Å². The van der Waals surface area contributed by atoms with Gasteiger partial charge in [-0.2, -0.15) is 0 Å². The second-order valence-electron chi connectivity index (χ2n) is 7.18. The largest absolute Gasteiger partial charge is 0.360 e. The Hall–Kier alpha value is -3.66. The molecular formula is C21H20N4O5S.